The quantitative estimate of drug-likeness (QED) is 0.753. The lowest BCUT2D eigenvalue weighted by molar-refractivity contribution is 0.00428. The number of benzene rings is 1. The van der Waals surface area contributed by atoms with Gasteiger partial charge in [0.05, 0.1) is 24.8 Å². The molecule has 0 bridgehead atoms. The molecule has 0 aliphatic carbocycles. The molecule has 4 atom stereocenters. The van der Waals surface area contributed by atoms with Gasteiger partial charge in [0.2, 0.25) is 10.0 Å². The zero-order valence-corrected chi connectivity index (χ0v) is 16.0. The number of rotatable bonds is 5. The number of carbonyl (C=O) groups is 1. The number of nitrogens with zero attached hydrogens (tertiary/aromatic N) is 1. The number of para-hydroxylation sites is 1. The van der Waals surface area contributed by atoms with Crippen molar-refractivity contribution in [2.24, 2.45) is 0 Å². The molecule has 0 saturated carbocycles. The minimum atomic E-state index is -3.85. The minimum Gasteiger partial charge on any atom is -0.441 e. The molecule has 28 heavy (non-hydrogen) atoms. The average Bonchev–Trinajstić information content (AvgIpc) is 3.25. The van der Waals surface area contributed by atoms with Crippen LogP contribution in [0.2, 0.25) is 0 Å². The summed E-state index contributed by atoms with van der Waals surface area (Å²) in [6.07, 6.45) is -0.617. The zero-order chi connectivity index (χ0) is 19.7. The van der Waals surface area contributed by atoms with Gasteiger partial charge in [-0.1, -0.05) is 18.2 Å². The van der Waals surface area contributed by atoms with E-state index in [1.807, 2.05) is 0 Å². The number of carbonyl (C=O) groups excluding carboxylic acids is 1. The Morgan fingerprint density at radius 3 is 2.82 bits per heavy atom. The first-order valence-corrected chi connectivity index (χ1v) is 10.5. The summed E-state index contributed by atoms with van der Waals surface area (Å²) in [6, 6.07) is 7.97. The van der Waals surface area contributed by atoms with E-state index in [1.165, 1.54) is 6.07 Å². The molecule has 2 saturated heterocycles. The monoisotopic (exact) mass is 407 g/mol. The highest BCUT2D eigenvalue weighted by molar-refractivity contribution is 7.89. The molecule has 1 aromatic heterocycles. The summed E-state index contributed by atoms with van der Waals surface area (Å²) in [4.78, 5) is 15.9. The van der Waals surface area contributed by atoms with E-state index in [1.54, 1.807) is 37.4 Å². The molecule has 1 amide bonds. The Morgan fingerprint density at radius 2 is 2.00 bits per heavy atom. The van der Waals surface area contributed by atoms with E-state index in [4.69, 9.17) is 14.2 Å². The van der Waals surface area contributed by atoms with Crippen LogP contribution in [0.25, 0.3) is 10.9 Å². The highest BCUT2D eigenvalue weighted by Gasteiger charge is 2.50. The fourth-order valence-electron chi connectivity index (χ4n) is 3.55. The van der Waals surface area contributed by atoms with E-state index in [0.717, 1.165) is 5.39 Å². The third-order valence-electron chi connectivity index (χ3n) is 4.78. The number of sulfonamides is 1. The molecule has 1 aromatic carbocycles. The molecular formula is C18H21N3O6S. The molecule has 2 aliphatic rings. The van der Waals surface area contributed by atoms with Gasteiger partial charge in [-0.05, 0) is 19.1 Å². The van der Waals surface area contributed by atoms with Crippen LogP contribution >= 0.6 is 0 Å². The van der Waals surface area contributed by atoms with Crippen LogP contribution in [0.1, 0.15) is 6.92 Å². The Labute approximate surface area is 162 Å². The van der Waals surface area contributed by atoms with E-state index in [-0.39, 0.29) is 18.1 Å². The third kappa shape index (κ3) is 3.55. The van der Waals surface area contributed by atoms with Gasteiger partial charge < -0.3 is 19.5 Å². The van der Waals surface area contributed by atoms with Crippen molar-refractivity contribution in [1.82, 2.24) is 15.0 Å². The number of pyridine rings is 1. The van der Waals surface area contributed by atoms with Crippen molar-refractivity contribution < 1.29 is 27.4 Å². The lowest BCUT2D eigenvalue weighted by Crippen LogP contribution is -2.44. The summed E-state index contributed by atoms with van der Waals surface area (Å²) in [5, 5.41) is 3.28. The van der Waals surface area contributed by atoms with Gasteiger partial charge >= 0.3 is 6.09 Å². The molecule has 0 radical (unpaired) electrons. The average molecular weight is 407 g/mol. The molecule has 2 aliphatic heterocycles. The molecule has 2 fully saturated rings. The first kappa shape index (κ1) is 19.1. The lowest BCUT2D eigenvalue weighted by Gasteiger charge is -2.18. The van der Waals surface area contributed by atoms with Crippen molar-refractivity contribution in [3.63, 3.8) is 0 Å². The lowest BCUT2D eigenvalue weighted by atomic mass is 10.1. The Morgan fingerprint density at radius 1 is 1.21 bits per heavy atom. The van der Waals surface area contributed by atoms with Crippen LogP contribution in [0, 0.1) is 0 Å². The second kappa shape index (κ2) is 7.63. The van der Waals surface area contributed by atoms with Gasteiger partial charge in [0.25, 0.3) is 0 Å². The fourth-order valence-corrected chi connectivity index (χ4v) is 4.96. The van der Waals surface area contributed by atoms with Crippen LogP contribution in [0.15, 0.2) is 41.4 Å². The van der Waals surface area contributed by atoms with Crippen LogP contribution in [0.4, 0.5) is 4.79 Å². The van der Waals surface area contributed by atoms with Crippen LogP contribution in [0.5, 0.6) is 0 Å². The molecule has 3 heterocycles. The maximum absolute atomic E-state index is 13.0. The third-order valence-corrected chi connectivity index (χ3v) is 6.30. The number of ether oxygens (including phenoxy) is 3. The molecule has 4 unspecified atom stereocenters. The molecule has 150 valence electrons. The Hall–Kier alpha value is -2.27. The predicted molar refractivity (Wildman–Crippen MR) is 99.3 cm³/mol. The smallest absolute Gasteiger partial charge is 0.407 e. The largest absolute Gasteiger partial charge is 0.441 e. The standard InChI is InChI=1S/C18H21N3O6S/c1-2-19-18(22)27-13-10-26-16-12(9-25-17(13)16)21-28(23,24)14-7-3-5-11-6-4-8-20-15(11)14/h3-8,12-13,16-17,21H,2,9-10H2,1H3,(H,19,22). The van der Waals surface area contributed by atoms with Crippen molar-refractivity contribution in [2.75, 3.05) is 19.8 Å². The maximum Gasteiger partial charge on any atom is 0.407 e. The van der Waals surface area contributed by atoms with Crippen molar-refractivity contribution in [1.29, 1.82) is 0 Å². The number of hydrogen-bond acceptors (Lipinski definition) is 7. The van der Waals surface area contributed by atoms with Gasteiger partial charge in [0.1, 0.15) is 17.1 Å². The highest BCUT2D eigenvalue weighted by atomic mass is 32.2. The molecule has 9 nitrogen and oxygen atoms in total. The van der Waals surface area contributed by atoms with Gasteiger partial charge in [0, 0.05) is 18.1 Å². The molecule has 2 N–H and O–H groups in total. The maximum atomic E-state index is 13.0. The summed E-state index contributed by atoms with van der Waals surface area (Å²) in [6.45, 7) is 2.51. The second-order valence-electron chi connectivity index (χ2n) is 6.63. The number of alkyl carbamates (subject to hydrolysis) is 1. The van der Waals surface area contributed by atoms with Crippen molar-refractivity contribution in [3.05, 3.63) is 36.5 Å². The Balaban J connectivity index is 1.50. The molecule has 4 rings (SSSR count). The SMILES string of the molecule is CCNC(=O)OC1COC2C(NS(=O)(=O)c3cccc4cccnc34)COC12. The summed E-state index contributed by atoms with van der Waals surface area (Å²) < 4.78 is 45.3. The normalized spacial score (nSPS) is 26.9. The van der Waals surface area contributed by atoms with Gasteiger partial charge in [-0.25, -0.2) is 17.9 Å². The molecule has 2 aromatic rings. The summed E-state index contributed by atoms with van der Waals surface area (Å²) in [7, 11) is -3.85. The number of hydrogen-bond donors (Lipinski definition) is 2. The van der Waals surface area contributed by atoms with E-state index in [2.05, 4.69) is 15.0 Å². The van der Waals surface area contributed by atoms with Crippen molar-refractivity contribution in [3.8, 4) is 0 Å². The Kier molecular flexibility index (Phi) is 5.19. The van der Waals surface area contributed by atoms with Crippen LogP contribution in [-0.4, -0.2) is 63.6 Å². The summed E-state index contributed by atoms with van der Waals surface area (Å²) >= 11 is 0. The predicted octanol–water partition coefficient (Wildman–Crippen LogP) is 0.794. The van der Waals surface area contributed by atoms with E-state index < -0.39 is 40.5 Å². The zero-order valence-electron chi connectivity index (χ0n) is 15.2. The second-order valence-corrected chi connectivity index (χ2v) is 8.31. The Bertz CT molecular complexity index is 977. The van der Waals surface area contributed by atoms with E-state index in [0.29, 0.717) is 12.1 Å². The summed E-state index contributed by atoms with van der Waals surface area (Å²) in [5.74, 6) is 0. The van der Waals surface area contributed by atoms with Gasteiger partial charge in [-0.3, -0.25) is 4.98 Å². The summed E-state index contributed by atoms with van der Waals surface area (Å²) in [5.41, 5.74) is 0.401. The van der Waals surface area contributed by atoms with Crippen LogP contribution in [0.3, 0.4) is 0 Å². The topological polar surface area (TPSA) is 116 Å². The van der Waals surface area contributed by atoms with Gasteiger partial charge in [0.15, 0.2) is 6.10 Å². The van der Waals surface area contributed by atoms with E-state index in [9.17, 15) is 13.2 Å². The number of nitrogens with one attached hydrogen (secondary N) is 2. The van der Waals surface area contributed by atoms with Gasteiger partial charge in [-0.2, -0.15) is 0 Å². The van der Waals surface area contributed by atoms with E-state index >= 15 is 0 Å². The van der Waals surface area contributed by atoms with Crippen LogP contribution < -0.4 is 10.0 Å². The first-order valence-electron chi connectivity index (χ1n) is 9.03. The molecular weight excluding hydrogens is 386 g/mol. The minimum absolute atomic E-state index is 0.0992. The van der Waals surface area contributed by atoms with Crippen molar-refractivity contribution >= 4 is 27.0 Å². The highest BCUT2D eigenvalue weighted by Crippen LogP contribution is 2.30. The number of fused-ring (bicyclic) bond motifs is 2. The van der Waals surface area contributed by atoms with Crippen molar-refractivity contribution in [2.45, 2.75) is 36.2 Å². The fraction of sp³-hybridized carbons (Fsp3) is 0.444. The number of amides is 1. The van der Waals surface area contributed by atoms with Crippen LogP contribution in [-0.2, 0) is 24.2 Å². The van der Waals surface area contributed by atoms with Gasteiger partial charge in [-0.15, -0.1) is 0 Å². The number of aromatic nitrogens is 1. The molecule has 10 heteroatoms. The molecule has 0 spiro atoms. The first-order chi connectivity index (χ1) is 13.5.